The highest BCUT2D eigenvalue weighted by molar-refractivity contribution is 8.00. The Morgan fingerprint density at radius 1 is 1.23 bits per heavy atom. The number of aromatic nitrogens is 3. The fourth-order valence-electron chi connectivity index (χ4n) is 1.88. The Morgan fingerprint density at radius 2 is 1.86 bits per heavy atom. The predicted octanol–water partition coefficient (Wildman–Crippen LogP) is 3.55. The Bertz CT molecular complexity index is 674. The lowest BCUT2D eigenvalue weighted by Crippen LogP contribution is -2.20. The van der Waals surface area contributed by atoms with E-state index in [2.05, 4.69) is 28.1 Å². The Hall–Kier alpha value is -1.55. The maximum absolute atomic E-state index is 9.04. The van der Waals surface area contributed by atoms with Crippen LogP contribution in [-0.4, -0.2) is 39.0 Å². The first-order chi connectivity index (χ1) is 10.4. The first-order valence-electron chi connectivity index (χ1n) is 6.88. The lowest BCUT2D eigenvalue weighted by atomic mass is 10.2. The summed E-state index contributed by atoms with van der Waals surface area (Å²) in [5.41, 5.74) is 0.936. The summed E-state index contributed by atoms with van der Waals surface area (Å²) in [7, 11) is 3.99. The van der Waals surface area contributed by atoms with Crippen LogP contribution in [0, 0.1) is 11.3 Å². The van der Waals surface area contributed by atoms with Crippen molar-refractivity contribution in [3.8, 4) is 11.8 Å². The molecular formula is C15H18ClN5S. The summed E-state index contributed by atoms with van der Waals surface area (Å²) in [4.78, 5) is 2.07. The topological polar surface area (TPSA) is 57.7 Å². The van der Waals surface area contributed by atoms with Crippen LogP contribution in [0.15, 0.2) is 29.4 Å². The molecule has 7 heteroatoms. The number of hydrogen-bond acceptors (Lipinski definition) is 5. The van der Waals surface area contributed by atoms with Gasteiger partial charge < -0.3 is 0 Å². The molecule has 0 amide bonds. The van der Waals surface area contributed by atoms with Crippen LogP contribution in [-0.2, 0) is 0 Å². The van der Waals surface area contributed by atoms with Crippen molar-refractivity contribution in [2.45, 2.75) is 30.3 Å². The summed E-state index contributed by atoms with van der Waals surface area (Å²) in [6.07, 6.45) is 0. The number of nitriles is 1. The molecule has 0 saturated carbocycles. The quantitative estimate of drug-likeness (QED) is 0.782. The van der Waals surface area contributed by atoms with Crippen LogP contribution >= 0.6 is 23.4 Å². The van der Waals surface area contributed by atoms with Gasteiger partial charge in [0.15, 0.2) is 11.0 Å². The van der Waals surface area contributed by atoms with E-state index in [1.165, 1.54) is 11.8 Å². The maximum Gasteiger partial charge on any atom is 0.197 e. The second kappa shape index (κ2) is 7.14. The molecule has 22 heavy (non-hydrogen) atoms. The van der Waals surface area contributed by atoms with Gasteiger partial charge >= 0.3 is 0 Å². The summed E-state index contributed by atoms with van der Waals surface area (Å²) in [6.45, 7) is 3.92. The maximum atomic E-state index is 9.04. The summed E-state index contributed by atoms with van der Waals surface area (Å²) >= 11 is 7.37. The van der Waals surface area contributed by atoms with Gasteiger partial charge in [-0.3, -0.25) is 9.47 Å². The van der Waals surface area contributed by atoms with Crippen LogP contribution in [0.5, 0.6) is 0 Å². The van der Waals surface area contributed by atoms with E-state index >= 15 is 0 Å². The van der Waals surface area contributed by atoms with Crippen LogP contribution in [0.4, 0.5) is 0 Å². The molecule has 0 N–H and O–H groups in total. The third-order valence-corrected chi connectivity index (χ3v) is 4.54. The fourth-order valence-corrected chi connectivity index (χ4v) is 2.76. The number of benzene rings is 1. The zero-order valence-electron chi connectivity index (χ0n) is 13.0. The van der Waals surface area contributed by atoms with Gasteiger partial charge in [-0.1, -0.05) is 23.4 Å². The summed E-state index contributed by atoms with van der Waals surface area (Å²) in [5.74, 6) is 0.833. The molecule has 116 valence electrons. The van der Waals surface area contributed by atoms with Gasteiger partial charge in [-0.05, 0) is 52.2 Å². The average molecular weight is 336 g/mol. The number of halogens is 1. The van der Waals surface area contributed by atoms with E-state index in [1.54, 1.807) is 0 Å². The van der Waals surface area contributed by atoms with Crippen molar-refractivity contribution in [3.63, 3.8) is 0 Å². The minimum Gasteiger partial charge on any atom is -0.300 e. The van der Waals surface area contributed by atoms with Crippen LogP contribution in [0.1, 0.15) is 25.7 Å². The van der Waals surface area contributed by atoms with Gasteiger partial charge in [0, 0.05) is 10.7 Å². The first-order valence-corrected chi connectivity index (χ1v) is 8.13. The number of thioether (sulfide) groups is 1. The zero-order chi connectivity index (χ0) is 16.3. The van der Waals surface area contributed by atoms with E-state index in [9.17, 15) is 0 Å². The molecule has 2 rings (SSSR count). The molecule has 0 saturated heterocycles. The Labute approximate surface area is 139 Å². The molecule has 1 aromatic heterocycles. The molecule has 5 nitrogen and oxygen atoms in total. The van der Waals surface area contributed by atoms with E-state index in [1.807, 2.05) is 49.9 Å². The van der Waals surface area contributed by atoms with Crippen molar-refractivity contribution >= 4 is 23.4 Å². The Balaban J connectivity index is 2.52. The number of rotatable bonds is 5. The average Bonchev–Trinajstić information content (AvgIpc) is 2.90. The van der Waals surface area contributed by atoms with E-state index in [0.29, 0.717) is 10.2 Å². The van der Waals surface area contributed by atoms with Gasteiger partial charge in [0.1, 0.15) is 0 Å². The molecular weight excluding hydrogens is 318 g/mol. The molecule has 1 aromatic carbocycles. The van der Waals surface area contributed by atoms with Crippen molar-refractivity contribution < 1.29 is 0 Å². The Morgan fingerprint density at radius 3 is 2.41 bits per heavy atom. The minimum absolute atomic E-state index is 0.0925. The molecule has 1 heterocycles. The minimum atomic E-state index is -0.197. The second-order valence-corrected chi connectivity index (χ2v) is 6.93. The highest BCUT2D eigenvalue weighted by atomic mass is 35.5. The van der Waals surface area contributed by atoms with Gasteiger partial charge in [0.05, 0.1) is 17.4 Å². The molecule has 2 atom stereocenters. The summed E-state index contributed by atoms with van der Waals surface area (Å²) in [5, 5.41) is 18.8. The van der Waals surface area contributed by atoms with Crippen molar-refractivity contribution in [3.05, 3.63) is 35.1 Å². The SMILES string of the molecule is CC(C#N)Sc1nnc(C(C)N(C)C)n1-c1ccc(Cl)cc1. The lowest BCUT2D eigenvalue weighted by molar-refractivity contribution is 0.305. The largest absolute Gasteiger partial charge is 0.300 e. The standard InChI is InChI=1S/C15H18ClN5S/c1-10(9-17)22-15-19-18-14(11(2)20(3)4)21(15)13-7-5-12(16)6-8-13/h5-8,10-11H,1-4H3. The van der Waals surface area contributed by atoms with Gasteiger partial charge in [0.2, 0.25) is 0 Å². The smallest absolute Gasteiger partial charge is 0.197 e. The van der Waals surface area contributed by atoms with Gasteiger partial charge in [-0.2, -0.15) is 5.26 Å². The molecule has 0 bridgehead atoms. The van der Waals surface area contributed by atoms with Crippen LogP contribution in [0.3, 0.4) is 0 Å². The number of hydrogen-bond donors (Lipinski definition) is 0. The molecule has 0 aliphatic carbocycles. The van der Waals surface area contributed by atoms with Gasteiger partial charge in [0.25, 0.3) is 0 Å². The molecule has 0 aliphatic heterocycles. The van der Waals surface area contributed by atoms with E-state index < -0.39 is 0 Å². The number of nitrogens with zero attached hydrogens (tertiary/aromatic N) is 5. The second-order valence-electron chi connectivity index (χ2n) is 5.18. The molecule has 0 aliphatic rings. The monoisotopic (exact) mass is 335 g/mol. The third-order valence-electron chi connectivity index (χ3n) is 3.36. The summed E-state index contributed by atoms with van der Waals surface area (Å²) in [6, 6.07) is 9.84. The van der Waals surface area contributed by atoms with Crippen LogP contribution < -0.4 is 0 Å². The molecule has 2 aromatic rings. The Kier molecular flexibility index (Phi) is 5.46. The van der Waals surface area contributed by atoms with Crippen molar-refractivity contribution in [1.29, 1.82) is 5.26 Å². The van der Waals surface area contributed by atoms with E-state index in [4.69, 9.17) is 16.9 Å². The highest BCUT2D eigenvalue weighted by Gasteiger charge is 2.22. The van der Waals surface area contributed by atoms with Gasteiger partial charge in [-0.25, -0.2) is 0 Å². The fraction of sp³-hybridized carbons (Fsp3) is 0.400. The highest BCUT2D eigenvalue weighted by Crippen LogP contribution is 2.29. The molecule has 0 fully saturated rings. The van der Waals surface area contributed by atoms with Crippen LogP contribution in [0.2, 0.25) is 5.02 Å². The molecule has 0 radical (unpaired) electrons. The van der Waals surface area contributed by atoms with Crippen molar-refractivity contribution in [2.75, 3.05) is 14.1 Å². The third kappa shape index (κ3) is 3.61. The predicted molar refractivity (Wildman–Crippen MR) is 89.4 cm³/mol. The van der Waals surface area contributed by atoms with Gasteiger partial charge in [-0.15, -0.1) is 10.2 Å². The van der Waals surface area contributed by atoms with Crippen LogP contribution in [0.25, 0.3) is 5.69 Å². The normalized spacial score (nSPS) is 13.9. The first kappa shape index (κ1) is 16.8. The molecule has 2 unspecified atom stereocenters. The van der Waals surface area contributed by atoms with Crippen molar-refractivity contribution in [2.24, 2.45) is 0 Å². The van der Waals surface area contributed by atoms with Crippen molar-refractivity contribution in [1.82, 2.24) is 19.7 Å². The van der Waals surface area contributed by atoms with E-state index in [-0.39, 0.29) is 11.3 Å². The zero-order valence-corrected chi connectivity index (χ0v) is 14.6. The lowest BCUT2D eigenvalue weighted by Gasteiger charge is -2.20. The summed E-state index contributed by atoms with van der Waals surface area (Å²) < 4.78 is 1.99. The molecule has 0 spiro atoms. The van der Waals surface area contributed by atoms with E-state index in [0.717, 1.165) is 11.5 Å².